The van der Waals surface area contributed by atoms with Gasteiger partial charge in [0.2, 0.25) is 0 Å². The summed E-state index contributed by atoms with van der Waals surface area (Å²) < 4.78 is 13.1. The van der Waals surface area contributed by atoms with E-state index in [0.717, 1.165) is 17.8 Å². The number of anilines is 1. The first kappa shape index (κ1) is 7.55. The quantitative estimate of drug-likeness (QED) is 0.629. The SMILES string of the molecule is Cc1cc2c(cc1F)CNN2C. The molecule has 2 rings (SSSR count). The highest BCUT2D eigenvalue weighted by molar-refractivity contribution is 5.57. The number of nitrogens with zero attached hydrogens (tertiary/aromatic N) is 1. The first-order valence-electron chi connectivity index (χ1n) is 3.95. The lowest BCUT2D eigenvalue weighted by Gasteiger charge is -2.12. The largest absolute Gasteiger partial charge is 0.311 e. The van der Waals surface area contributed by atoms with Gasteiger partial charge in [-0.05, 0) is 30.2 Å². The molecule has 0 unspecified atom stereocenters. The molecule has 1 N–H and O–H groups in total. The number of hydrogen-bond acceptors (Lipinski definition) is 2. The van der Waals surface area contributed by atoms with Crippen molar-refractivity contribution >= 4 is 5.69 Å². The van der Waals surface area contributed by atoms with Gasteiger partial charge in [-0.1, -0.05) is 0 Å². The summed E-state index contributed by atoms with van der Waals surface area (Å²) >= 11 is 0. The molecule has 0 atom stereocenters. The van der Waals surface area contributed by atoms with Gasteiger partial charge in [-0.25, -0.2) is 9.82 Å². The second kappa shape index (κ2) is 2.45. The summed E-state index contributed by atoms with van der Waals surface area (Å²) in [6, 6.07) is 3.46. The van der Waals surface area contributed by atoms with Gasteiger partial charge in [0.15, 0.2) is 0 Å². The van der Waals surface area contributed by atoms with Crippen LogP contribution in [-0.4, -0.2) is 7.05 Å². The number of aryl methyl sites for hydroxylation is 1. The van der Waals surface area contributed by atoms with Crippen LogP contribution >= 0.6 is 0 Å². The molecule has 0 saturated carbocycles. The van der Waals surface area contributed by atoms with E-state index in [2.05, 4.69) is 5.43 Å². The average molecular weight is 166 g/mol. The highest BCUT2D eigenvalue weighted by Crippen LogP contribution is 2.26. The molecular weight excluding hydrogens is 155 g/mol. The maximum atomic E-state index is 13.1. The Morgan fingerprint density at radius 1 is 1.50 bits per heavy atom. The van der Waals surface area contributed by atoms with Crippen molar-refractivity contribution in [3.05, 3.63) is 29.1 Å². The third-order valence-corrected chi connectivity index (χ3v) is 2.23. The van der Waals surface area contributed by atoms with Crippen LogP contribution in [0.3, 0.4) is 0 Å². The minimum Gasteiger partial charge on any atom is -0.311 e. The number of rotatable bonds is 0. The van der Waals surface area contributed by atoms with E-state index in [4.69, 9.17) is 0 Å². The fraction of sp³-hybridized carbons (Fsp3) is 0.333. The summed E-state index contributed by atoms with van der Waals surface area (Å²) in [7, 11) is 1.93. The van der Waals surface area contributed by atoms with Crippen molar-refractivity contribution in [2.24, 2.45) is 0 Å². The Hall–Kier alpha value is -1.09. The summed E-state index contributed by atoms with van der Waals surface area (Å²) in [4.78, 5) is 0. The van der Waals surface area contributed by atoms with E-state index in [1.807, 2.05) is 18.1 Å². The van der Waals surface area contributed by atoms with E-state index in [9.17, 15) is 4.39 Å². The molecule has 0 amide bonds. The van der Waals surface area contributed by atoms with Gasteiger partial charge in [0, 0.05) is 13.6 Å². The Morgan fingerprint density at radius 2 is 2.25 bits per heavy atom. The van der Waals surface area contributed by atoms with Gasteiger partial charge in [0.25, 0.3) is 0 Å². The molecule has 1 aromatic carbocycles. The van der Waals surface area contributed by atoms with Crippen LogP contribution in [0.15, 0.2) is 12.1 Å². The fourth-order valence-corrected chi connectivity index (χ4v) is 1.45. The van der Waals surface area contributed by atoms with Gasteiger partial charge < -0.3 is 5.01 Å². The van der Waals surface area contributed by atoms with Crippen LogP contribution in [0.5, 0.6) is 0 Å². The number of benzene rings is 1. The van der Waals surface area contributed by atoms with Gasteiger partial charge in [-0.2, -0.15) is 0 Å². The van der Waals surface area contributed by atoms with Gasteiger partial charge in [0.1, 0.15) is 5.82 Å². The lowest BCUT2D eigenvalue weighted by Crippen LogP contribution is -2.26. The van der Waals surface area contributed by atoms with E-state index in [-0.39, 0.29) is 5.82 Å². The second-order valence-electron chi connectivity index (χ2n) is 3.12. The molecule has 0 saturated heterocycles. The predicted octanol–water partition coefficient (Wildman–Crippen LogP) is 1.59. The van der Waals surface area contributed by atoms with Crippen LogP contribution in [0.2, 0.25) is 0 Å². The van der Waals surface area contributed by atoms with E-state index in [0.29, 0.717) is 5.56 Å². The van der Waals surface area contributed by atoms with Gasteiger partial charge in [-0.15, -0.1) is 0 Å². The molecule has 0 bridgehead atoms. The van der Waals surface area contributed by atoms with Crippen molar-refractivity contribution in [1.29, 1.82) is 0 Å². The first-order valence-corrected chi connectivity index (χ1v) is 3.95. The van der Waals surface area contributed by atoms with Crippen LogP contribution in [0.1, 0.15) is 11.1 Å². The third kappa shape index (κ3) is 0.975. The molecule has 0 aliphatic carbocycles. The molecule has 12 heavy (non-hydrogen) atoms. The Kier molecular flexibility index (Phi) is 1.54. The summed E-state index contributed by atoms with van der Waals surface area (Å²) in [6.45, 7) is 2.50. The van der Waals surface area contributed by atoms with Crippen molar-refractivity contribution in [3.8, 4) is 0 Å². The van der Waals surface area contributed by atoms with Crippen LogP contribution in [0.4, 0.5) is 10.1 Å². The molecule has 2 nitrogen and oxygen atoms in total. The normalized spacial score (nSPS) is 15.1. The summed E-state index contributed by atoms with van der Waals surface area (Å²) in [5.74, 6) is -0.120. The lowest BCUT2D eigenvalue weighted by molar-refractivity contribution is 0.617. The number of halogens is 1. The highest BCUT2D eigenvalue weighted by atomic mass is 19.1. The zero-order chi connectivity index (χ0) is 8.72. The smallest absolute Gasteiger partial charge is 0.126 e. The monoisotopic (exact) mass is 166 g/mol. The van der Waals surface area contributed by atoms with E-state index in [1.54, 1.807) is 13.0 Å². The Labute approximate surface area is 71.0 Å². The standard InChI is InChI=1S/C9H11FN2/c1-6-3-9-7(4-8(6)10)5-11-12(9)2/h3-4,11H,5H2,1-2H3. The third-order valence-electron chi connectivity index (χ3n) is 2.23. The molecule has 1 aromatic rings. The van der Waals surface area contributed by atoms with Crippen LogP contribution in [0.25, 0.3) is 0 Å². The van der Waals surface area contributed by atoms with Crippen LogP contribution < -0.4 is 10.4 Å². The van der Waals surface area contributed by atoms with E-state index < -0.39 is 0 Å². The maximum absolute atomic E-state index is 13.1. The van der Waals surface area contributed by atoms with Crippen LogP contribution in [-0.2, 0) is 6.54 Å². The lowest BCUT2D eigenvalue weighted by atomic mass is 10.1. The molecule has 0 spiro atoms. The van der Waals surface area contributed by atoms with Crippen molar-refractivity contribution in [1.82, 2.24) is 5.43 Å². The Balaban J connectivity index is 2.56. The molecule has 0 aromatic heterocycles. The number of hydrogen-bond donors (Lipinski definition) is 1. The molecule has 1 aliphatic rings. The van der Waals surface area contributed by atoms with E-state index in [1.165, 1.54) is 0 Å². The van der Waals surface area contributed by atoms with Crippen molar-refractivity contribution in [2.75, 3.05) is 12.1 Å². The molecule has 64 valence electrons. The fourth-order valence-electron chi connectivity index (χ4n) is 1.45. The highest BCUT2D eigenvalue weighted by Gasteiger charge is 2.16. The summed E-state index contributed by atoms with van der Waals surface area (Å²) in [5.41, 5.74) is 5.91. The Morgan fingerprint density at radius 3 is 3.00 bits per heavy atom. The molecule has 1 aliphatic heterocycles. The maximum Gasteiger partial charge on any atom is 0.126 e. The average Bonchev–Trinajstić information content (AvgIpc) is 2.35. The predicted molar refractivity (Wildman–Crippen MR) is 46.4 cm³/mol. The van der Waals surface area contributed by atoms with E-state index >= 15 is 0 Å². The van der Waals surface area contributed by atoms with Crippen molar-refractivity contribution < 1.29 is 4.39 Å². The minimum absolute atomic E-state index is 0.120. The van der Waals surface area contributed by atoms with Crippen LogP contribution in [0, 0.1) is 12.7 Å². The minimum atomic E-state index is -0.120. The molecule has 0 radical (unpaired) electrons. The molecule has 1 heterocycles. The van der Waals surface area contributed by atoms with Gasteiger partial charge >= 0.3 is 0 Å². The van der Waals surface area contributed by atoms with Crippen molar-refractivity contribution in [3.63, 3.8) is 0 Å². The summed E-state index contributed by atoms with van der Waals surface area (Å²) in [6.07, 6.45) is 0. The zero-order valence-electron chi connectivity index (χ0n) is 7.19. The topological polar surface area (TPSA) is 15.3 Å². The zero-order valence-corrected chi connectivity index (χ0v) is 7.19. The molecule has 3 heteroatoms. The summed E-state index contributed by atoms with van der Waals surface area (Å²) in [5, 5.41) is 1.92. The Bertz CT molecular complexity index is 323. The second-order valence-corrected chi connectivity index (χ2v) is 3.12. The van der Waals surface area contributed by atoms with Gasteiger partial charge in [-0.3, -0.25) is 0 Å². The van der Waals surface area contributed by atoms with Crippen molar-refractivity contribution in [2.45, 2.75) is 13.5 Å². The number of fused-ring (bicyclic) bond motifs is 1. The van der Waals surface area contributed by atoms with Gasteiger partial charge in [0.05, 0.1) is 5.69 Å². The molecule has 0 fully saturated rings. The first-order chi connectivity index (χ1) is 5.68. The number of hydrazine groups is 1. The number of nitrogens with one attached hydrogen (secondary N) is 1. The molecular formula is C9H11FN2.